The maximum Gasteiger partial charge on any atom is 0.409 e. The Balaban J connectivity index is 1.16. The second-order valence-electron chi connectivity index (χ2n) is 8.86. The van der Waals surface area contributed by atoms with Crippen LogP contribution >= 0.6 is 0 Å². The molecule has 3 aliphatic rings. The van der Waals surface area contributed by atoms with Gasteiger partial charge in [-0.15, -0.1) is 0 Å². The summed E-state index contributed by atoms with van der Waals surface area (Å²) in [4.78, 5) is 26.5. The van der Waals surface area contributed by atoms with E-state index in [2.05, 4.69) is 29.6 Å². The van der Waals surface area contributed by atoms with E-state index in [1.807, 2.05) is 24.3 Å². The molecule has 0 bridgehead atoms. The summed E-state index contributed by atoms with van der Waals surface area (Å²) in [5.74, 6) is -0.347. The molecule has 2 fully saturated rings. The van der Waals surface area contributed by atoms with Gasteiger partial charge in [0, 0.05) is 25.0 Å². The van der Waals surface area contributed by atoms with Crippen molar-refractivity contribution in [2.45, 2.75) is 43.7 Å². The zero-order chi connectivity index (χ0) is 21.4. The van der Waals surface area contributed by atoms with E-state index in [9.17, 15) is 14.7 Å². The summed E-state index contributed by atoms with van der Waals surface area (Å²) in [5, 5.41) is 13.2. The van der Waals surface area contributed by atoms with E-state index < -0.39 is 6.10 Å². The van der Waals surface area contributed by atoms with Gasteiger partial charge in [0.1, 0.15) is 12.7 Å². The summed E-state index contributed by atoms with van der Waals surface area (Å²) in [6.45, 7) is 1.30. The van der Waals surface area contributed by atoms with Gasteiger partial charge in [0.25, 0.3) is 0 Å². The molecular weight excluding hydrogens is 392 g/mol. The van der Waals surface area contributed by atoms with E-state index in [-0.39, 0.29) is 29.9 Å². The Kier molecular flexibility index (Phi) is 5.40. The summed E-state index contributed by atoms with van der Waals surface area (Å²) in [5.41, 5.74) is 4.80. The van der Waals surface area contributed by atoms with Crippen molar-refractivity contribution in [3.05, 3.63) is 59.7 Å². The second kappa shape index (κ2) is 8.35. The lowest BCUT2D eigenvalue weighted by Gasteiger charge is -2.33. The van der Waals surface area contributed by atoms with Crippen molar-refractivity contribution < 1.29 is 19.4 Å². The minimum absolute atomic E-state index is 0.0434. The van der Waals surface area contributed by atoms with Gasteiger partial charge in [0.2, 0.25) is 5.91 Å². The first-order chi connectivity index (χ1) is 15.1. The van der Waals surface area contributed by atoms with E-state index in [0.29, 0.717) is 32.5 Å². The van der Waals surface area contributed by atoms with Gasteiger partial charge in [-0.2, -0.15) is 0 Å². The number of ether oxygens (including phenoxy) is 1. The van der Waals surface area contributed by atoms with Crippen LogP contribution < -0.4 is 5.32 Å². The third-order valence-corrected chi connectivity index (χ3v) is 6.77. The summed E-state index contributed by atoms with van der Waals surface area (Å²) in [7, 11) is 0. The normalized spacial score (nSPS) is 19.5. The maximum atomic E-state index is 12.7. The molecule has 2 aromatic rings. The number of hydrogen-bond donors (Lipinski definition) is 2. The molecule has 0 spiro atoms. The molecule has 2 aromatic carbocycles. The number of aliphatic hydroxyl groups excluding tert-OH is 1. The Hall–Kier alpha value is -2.86. The number of amides is 2. The molecule has 6 heteroatoms. The van der Waals surface area contributed by atoms with Crippen LogP contribution in [0.1, 0.15) is 42.7 Å². The first kappa shape index (κ1) is 20.1. The molecule has 162 valence electrons. The molecule has 2 N–H and O–H groups in total. The Bertz CT molecular complexity index is 933. The third-order valence-electron chi connectivity index (χ3n) is 6.77. The Morgan fingerprint density at radius 2 is 1.55 bits per heavy atom. The van der Waals surface area contributed by atoms with Crippen LogP contribution in [-0.4, -0.2) is 53.8 Å². The molecule has 1 unspecified atom stereocenters. The molecule has 1 heterocycles. The average molecular weight is 421 g/mol. The minimum Gasteiger partial charge on any atom is -0.448 e. The van der Waals surface area contributed by atoms with Crippen LogP contribution in [0.2, 0.25) is 0 Å². The van der Waals surface area contributed by atoms with Crippen molar-refractivity contribution in [3.63, 3.8) is 0 Å². The highest BCUT2D eigenvalue weighted by Gasteiger charge is 2.35. The van der Waals surface area contributed by atoms with Crippen molar-refractivity contribution in [1.82, 2.24) is 10.2 Å². The lowest BCUT2D eigenvalue weighted by molar-refractivity contribution is -0.133. The fourth-order valence-corrected chi connectivity index (χ4v) is 4.81. The van der Waals surface area contributed by atoms with E-state index in [1.165, 1.54) is 22.3 Å². The molecule has 2 amide bonds. The van der Waals surface area contributed by atoms with Crippen molar-refractivity contribution >= 4 is 12.0 Å². The van der Waals surface area contributed by atoms with Crippen LogP contribution in [0.4, 0.5) is 4.79 Å². The third kappa shape index (κ3) is 4.04. The van der Waals surface area contributed by atoms with Crippen molar-refractivity contribution in [3.8, 4) is 11.1 Å². The number of nitrogens with zero attached hydrogens (tertiary/aromatic N) is 1. The predicted molar refractivity (Wildman–Crippen MR) is 117 cm³/mol. The Morgan fingerprint density at radius 1 is 0.968 bits per heavy atom. The predicted octanol–water partition coefficient (Wildman–Crippen LogP) is 3.29. The quantitative estimate of drug-likeness (QED) is 0.778. The highest BCUT2D eigenvalue weighted by atomic mass is 16.6. The smallest absolute Gasteiger partial charge is 0.409 e. The van der Waals surface area contributed by atoms with Crippen molar-refractivity contribution in [1.29, 1.82) is 0 Å². The molecule has 1 saturated carbocycles. The van der Waals surface area contributed by atoms with E-state index >= 15 is 0 Å². The monoisotopic (exact) mass is 420 g/mol. The molecule has 1 aliphatic heterocycles. The number of carbonyl (C=O) groups is 2. The molecule has 0 aromatic heterocycles. The summed E-state index contributed by atoms with van der Waals surface area (Å²) >= 11 is 0. The van der Waals surface area contributed by atoms with E-state index in [1.54, 1.807) is 4.90 Å². The standard InChI is InChI=1S/C25H28N2O4/c28-23(24(29)26-17-9-10-17)16-11-13-27(14-12-16)25(30)31-15-22-20-7-3-1-5-18(20)19-6-2-4-8-21(19)22/h1-8,16-17,22-23,28H,9-15H2,(H,26,29). The van der Waals surface area contributed by atoms with Gasteiger partial charge in [0.05, 0.1) is 0 Å². The highest BCUT2D eigenvalue weighted by molar-refractivity contribution is 5.81. The van der Waals surface area contributed by atoms with Gasteiger partial charge in [-0.3, -0.25) is 4.79 Å². The van der Waals surface area contributed by atoms with Crippen molar-refractivity contribution in [2.24, 2.45) is 5.92 Å². The summed E-state index contributed by atoms with van der Waals surface area (Å²) in [6, 6.07) is 16.8. The van der Waals surface area contributed by atoms with E-state index in [4.69, 9.17) is 4.74 Å². The number of rotatable bonds is 5. The summed E-state index contributed by atoms with van der Waals surface area (Å²) in [6.07, 6.45) is 1.88. The zero-order valence-electron chi connectivity index (χ0n) is 17.5. The van der Waals surface area contributed by atoms with Crippen molar-refractivity contribution in [2.75, 3.05) is 19.7 Å². The number of benzene rings is 2. The first-order valence-electron chi connectivity index (χ1n) is 11.2. The minimum atomic E-state index is -0.995. The van der Waals surface area contributed by atoms with Gasteiger partial charge < -0.3 is 20.1 Å². The van der Waals surface area contributed by atoms with Crippen LogP contribution in [0.5, 0.6) is 0 Å². The van der Waals surface area contributed by atoms with Gasteiger partial charge in [-0.25, -0.2) is 4.79 Å². The molecule has 5 rings (SSSR count). The SMILES string of the molecule is O=C(NC1CC1)C(O)C1CCN(C(=O)OCC2c3ccccc3-c3ccccc32)CC1. The Labute approximate surface area is 182 Å². The highest BCUT2D eigenvalue weighted by Crippen LogP contribution is 2.44. The fraction of sp³-hybridized carbons (Fsp3) is 0.440. The molecule has 6 nitrogen and oxygen atoms in total. The Morgan fingerprint density at radius 3 is 2.13 bits per heavy atom. The van der Waals surface area contributed by atoms with Gasteiger partial charge >= 0.3 is 6.09 Å². The largest absolute Gasteiger partial charge is 0.448 e. The van der Waals surface area contributed by atoms with Gasteiger partial charge in [-0.1, -0.05) is 48.5 Å². The van der Waals surface area contributed by atoms with Gasteiger partial charge in [-0.05, 0) is 53.9 Å². The lowest BCUT2D eigenvalue weighted by Crippen LogP contribution is -2.46. The molecule has 31 heavy (non-hydrogen) atoms. The topological polar surface area (TPSA) is 78.9 Å². The zero-order valence-corrected chi connectivity index (χ0v) is 17.5. The van der Waals surface area contributed by atoms with E-state index in [0.717, 1.165) is 12.8 Å². The first-order valence-corrected chi connectivity index (χ1v) is 11.2. The van der Waals surface area contributed by atoms with Gasteiger partial charge in [0.15, 0.2) is 0 Å². The molecule has 0 radical (unpaired) electrons. The number of nitrogens with one attached hydrogen (secondary N) is 1. The number of fused-ring (bicyclic) bond motifs is 3. The number of aliphatic hydroxyl groups is 1. The van der Waals surface area contributed by atoms with Crippen LogP contribution in [0.15, 0.2) is 48.5 Å². The molecule has 2 aliphatic carbocycles. The maximum absolute atomic E-state index is 12.7. The van der Waals surface area contributed by atoms with Crippen LogP contribution in [0.25, 0.3) is 11.1 Å². The number of likely N-dealkylation sites (tertiary alicyclic amines) is 1. The number of hydrogen-bond acceptors (Lipinski definition) is 4. The van der Waals surface area contributed by atoms with Crippen LogP contribution in [0, 0.1) is 5.92 Å². The molecule has 1 atom stereocenters. The van der Waals surface area contributed by atoms with Crippen LogP contribution in [0.3, 0.4) is 0 Å². The fourth-order valence-electron chi connectivity index (χ4n) is 4.81. The molecular formula is C25H28N2O4. The average Bonchev–Trinajstić information content (AvgIpc) is 3.57. The number of carbonyl (C=O) groups excluding carboxylic acids is 2. The number of piperidine rings is 1. The molecule has 1 saturated heterocycles. The second-order valence-corrected chi connectivity index (χ2v) is 8.86. The summed E-state index contributed by atoms with van der Waals surface area (Å²) < 4.78 is 5.73. The van der Waals surface area contributed by atoms with Crippen LogP contribution in [-0.2, 0) is 9.53 Å². The lowest BCUT2D eigenvalue weighted by atomic mass is 9.91.